The number of rotatable bonds is 2. The lowest BCUT2D eigenvalue weighted by atomic mass is 10.2. The van der Waals surface area contributed by atoms with Crippen LogP contribution in [0.1, 0.15) is 15.2 Å². The van der Waals surface area contributed by atoms with Crippen molar-refractivity contribution in [2.24, 2.45) is 0 Å². The maximum Gasteiger partial charge on any atom is 0.267 e. The first-order valence-electron chi connectivity index (χ1n) is 4.85. The van der Waals surface area contributed by atoms with Crippen molar-refractivity contribution in [3.05, 3.63) is 40.7 Å². The standard InChI is InChI=1S/C11H10FN3OS/c1-6-2-3-7(4-8(6)12)15-10(16)9-5-14-11(13)17-9/h2-5H,1H3,(H2,13,14)(H,15,16). The Hall–Kier alpha value is -1.95. The van der Waals surface area contributed by atoms with Crippen molar-refractivity contribution in [3.8, 4) is 0 Å². The molecular weight excluding hydrogens is 241 g/mol. The highest BCUT2D eigenvalue weighted by molar-refractivity contribution is 7.17. The van der Waals surface area contributed by atoms with Gasteiger partial charge in [-0.25, -0.2) is 9.37 Å². The van der Waals surface area contributed by atoms with Crippen molar-refractivity contribution < 1.29 is 9.18 Å². The number of nitrogens with one attached hydrogen (secondary N) is 1. The third kappa shape index (κ3) is 2.59. The normalized spacial score (nSPS) is 10.2. The molecule has 0 unspecified atom stereocenters. The van der Waals surface area contributed by atoms with Crippen LogP contribution in [0.5, 0.6) is 0 Å². The van der Waals surface area contributed by atoms with Gasteiger partial charge in [0.15, 0.2) is 5.13 Å². The zero-order valence-electron chi connectivity index (χ0n) is 9.03. The predicted octanol–water partition coefficient (Wildman–Crippen LogP) is 2.43. The maximum absolute atomic E-state index is 13.3. The molecule has 1 amide bonds. The van der Waals surface area contributed by atoms with Gasteiger partial charge in [0.1, 0.15) is 10.7 Å². The van der Waals surface area contributed by atoms with Gasteiger partial charge in [0.25, 0.3) is 5.91 Å². The highest BCUT2D eigenvalue weighted by Gasteiger charge is 2.10. The van der Waals surface area contributed by atoms with E-state index in [0.717, 1.165) is 11.3 Å². The van der Waals surface area contributed by atoms with Gasteiger partial charge in [-0.1, -0.05) is 17.4 Å². The molecule has 2 rings (SSSR count). The smallest absolute Gasteiger partial charge is 0.267 e. The van der Waals surface area contributed by atoms with Crippen molar-refractivity contribution in [3.63, 3.8) is 0 Å². The van der Waals surface area contributed by atoms with Gasteiger partial charge in [0.2, 0.25) is 0 Å². The molecule has 17 heavy (non-hydrogen) atoms. The summed E-state index contributed by atoms with van der Waals surface area (Å²) in [7, 11) is 0. The van der Waals surface area contributed by atoms with Crippen LogP contribution in [-0.2, 0) is 0 Å². The van der Waals surface area contributed by atoms with Crippen molar-refractivity contribution in [2.45, 2.75) is 6.92 Å². The summed E-state index contributed by atoms with van der Waals surface area (Å²) >= 11 is 1.08. The second-order valence-electron chi connectivity index (χ2n) is 3.48. The van der Waals surface area contributed by atoms with E-state index in [4.69, 9.17) is 5.73 Å². The predicted molar refractivity (Wildman–Crippen MR) is 65.6 cm³/mol. The van der Waals surface area contributed by atoms with E-state index in [2.05, 4.69) is 10.3 Å². The number of aryl methyl sites for hydroxylation is 1. The molecule has 0 atom stereocenters. The van der Waals surface area contributed by atoms with Gasteiger partial charge in [-0.15, -0.1) is 0 Å². The Morgan fingerprint density at radius 2 is 2.29 bits per heavy atom. The number of thiazole rings is 1. The van der Waals surface area contributed by atoms with Crippen LogP contribution in [0.4, 0.5) is 15.2 Å². The Morgan fingerprint density at radius 3 is 2.88 bits per heavy atom. The van der Waals surface area contributed by atoms with Crippen molar-refractivity contribution in [2.75, 3.05) is 11.1 Å². The molecule has 0 saturated carbocycles. The molecule has 0 fully saturated rings. The lowest BCUT2D eigenvalue weighted by Gasteiger charge is -2.04. The van der Waals surface area contributed by atoms with Crippen LogP contribution in [-0.4, -0.2) is 10.9 Å². The minimum atomic E-state index is -0.355. The molecule has 0 aliphatic carbocycles. The van der Waals surface area contributed by atoms with Crippen molar-refractivity contribution in [1.82, 2.24) is 4.98 Å². The number of anilines is 2. The minimum Gasteiger partial charge on any atom is -0.375 e. The van der Waals surface area contributed by atoms with E-state index in [0.29, 0.717) is 21.3 Å². The van der Waals surface area contributed by atoms with Crippen LogP contribution in [0.3, 0.4) is 0 Å². The summed E-state index contributed by atoms with van der Waals surface area (Å²) in [5.74, 6) is -0.700. The number of hydrogen-bond acceptors (Lipinski definition) is 4. The maximum atomic E-state index is 13.3. The number of nitrogen functional groups attached to an aromatic ring is 1. The number of hydrogen-bond donors (Lipinski definition) is 2. The topological polar surface area (TPSA) is 68.0 Å². The van der Waals surface area contributed by atoms with E-state index >= 15 is 0 Å². The van der Waals surface area contributed by atoms with E-state index in [1.807, 2.05) is 0 Å². The monoisotopic (exact) mass is 251 g/mol. The van der Waals surface area contributed by atoms with Crippen LogP contribution in [0, 0.1) is 12.7 Å². The summed E-state index contributed by atoms with van der Waals surface area (Å²) in [4.78, 5) is 15.9. The lowest BCUT2D eigenvalue weighted by Crippen LogP contribution is -2.10. The Morgan fingerprint density at radius 1 is 1.53 bits per heavy atom. The number of benzene rings is 1. The molecule has 0 saturated heterocycles. The molecule has 2 aromatic rings. The lowest BCUT2D eigenvalue weighted by molar-refractivity contribution is 0.103. The molecule has 0 aliphatic heterocycles. The van der Waals surface area contributed by atoms with Crippen molar-refractivity contribution in [1.29, 1.82) is 0 Å². The molecule has 4 nitrogen and oxygen atoms in total. The highest BCUT2D eigenvalue weighted by Crippen LogP contribution is 2.18. The summed E-state index contributed by atoms with van der Waals surface area (Å²) in [6.45, 7) is 1.66. The van der Waals surface area contributed by atoms with E-state index in [9.17, 15) is 9.18 Å². The molecule has 1 heterocycles. The third-order valence-electron chi connectivity index (χ3n) is 2.18. The minimum absolute atomic E-state index is 0.324. The summed E-state index contributed by atoms with van der Waals surface area (Å²) in [6, 6.07) is 4.52. The van der Waals surface area contributed by atoms with Crippen LogP contribution >= 0.6 is 11.3 Å². The van der Waals surface area contributed by atoms with E-state index in [1.165, 1.54) is 12.3 Å². The molecule has 0 spiro atoms. The summed E-state index contributed by atoms with van der Waals surface area (Å²) in [5, 5.41) is 2.90. The second-order valence-corrected chi connectivity index (χ2v) is 4.54. The number of amides is 1. The van der Waals surface area contributed by atoms with Crippen LogP contribution in [0.25, 0.3) is 0 Å². The average Bonchev–Trinajstić information content (AvgIpc) is 2.70. The Kier molecular flexibility index (Phi) is 3.06. The number of halogens is 1. The molecule has 1 aromatic heterocycles. The van der Waals surface area contributed by atoms with Crippen LogP contribution in [0.15, 0.2) is 24.4 Å². The highest BCUT2D eigenvalue weighted by atomic mass is 32.1. The zero-order valence-corrected chi connectivity index (χ0v) is 9.84. The fraction of sp³-hybridized carbons (Fsp3) is 0.0909. The fourth-order valence-corrected chi connectivity index (χ4v) is 1.84. The molecule has 0 bridgehead atoms. The summed E-state index contributed by atoms with van der Waals surface area (Å²) < 4.78 is 13.3. The van der Waals surface area contributed by atoms with Gasteiger partial charge in [-0.2, -0.15) is 0 Å². The zero-order chi connectivity index (χ0) is 12.4. The molecule has 88 valence electrons. The Balaban J connectivity index is 2.15. The number of nitrogens with zero attached hydrogens (tertiary/aromatic N) is 1. The average molecular weight is 251 g/mol. The van der Waals surface area contributed by atoms with Crippen LogP contribution < -0.4 is 11.1 Å². The molecule has 6 heteroatoms. The quantitative estimate of drug-likeness (QED) is 0.861. The van der Waals surface area contributed by atoms with Gasteiger partial charge < -0.3 is 11.1 Å². The first-order chi connectivity index (χ1) is 8.06. The summed E-state index contributed by atoms with van der Waals surface area (Å²) in [5.41, 5.74) is 6.36. The van der Waals surface area contributed by atoms with E-state index in [-0.39, 0.29) is 11.7 Å². The van der Waals surface area contributed by atoms with E-state index < -0.39 is 0 Å². The number of carbonyl (C=O) groups is 1. The van der Waals surface area contributed by atoms with Gasteiger partial charge in [-0.05, 0) is 24.6 Å². The van der Waals surface area contributed by atoms with Gasteiger partial charge in [0, 0.05) is 5.69 Å². The molecule has 3 N–H and O–H groups in total. The molecule has 1 aromatic carbocycles. The van der Waals surface area contributed by atoms with Crippen molar-refractivity contribution >= 4 is 28.1 Å². The molecule has 0 radical (unpaired) electrons. The Bertz CT molecular complexity index is 568. The van der Waals surface area contributed by atoms with Gasteiger partial charge >= 0.3 is 0 Å². The molecule has 0 aliphatic rings. The largest absolute Gasteiger partial charge is 0.375 e. The van der Waals surface area contributed by atoms with E-state index in [1.54, 1.807) is 19.1 Å². The second kappa shape index (κ2) is 4.50. The first kappa shape index (κ1) is 11.5. The third-order valence-corrected chi connectivity index (χ3v) is 3.00. The van der Waals surface area contributed by atoms with Crippen LogP contribution in [0.2, 0.25) is 0 Å². The summed E-state index contributed by atoms with van der Waals surface area (Å²) in [6.07, 6.45) is 1.39. The molecular formula is C11H10FN3OS. The number of aromatic nitrogens is 1. The van der Waals surface area contributed by atoms with Gasteiger partial charge in [-0.3, -0.25) is 4.79 Å². The fourth-order valence-electron chi connectivity index (χ4n) is 1.26. The first-order valence-corrected chi connectivity index (χ1v) is 5.67. The SMILES string of the molecule is Cc1ccc(NC(=O)c2cnc(N)s2)cc1F. The number of carbonyl (C=O) groups excluding carboxylic acids is 1. The van der Waals surface area contributed by atoms with Gasteiger partial charge in [0.05, 0.1) is 6.20 Å². The Labute approximate surface area is 101 Å². The number of nitrogens with two attached hydrogens (primary N) is 1.